The molecule has 0 spiro atoms. The van der Waals surface area contributed by atoms with Gasteiger partial charge in [-0.1, -0.05) is 13.8 Å². The molecular weight excluding hydrogens is 226 g/mol. The van der Waals surface area contributed by atoms with Crippen LogP contribution < -0.4 is 5.73 Å². The van der Waals surface area contributed by atoms with Gasteiger partial charge in [-0.05, 0) is 19.8 Å². The van der Waals surface area contributed by atoms with Crippen molar-refractivity contribution in [1.29, 1.82) is 0 Å². The molecule has 0 aromatic rings. The van der Waals surface area contributed by atoms with Crippen LogP contribution in [-0.2, 0) is 9.53 Å². The number of esters is 1. The van der Waals surface area contributed by atoms with Gasteiger partial charge in [0.05, 0.1) is 12.2 Å². The summed E-state index contributed by atoms with van der Waals surface area (Å²) in [5.41, 5.74) is 5.00. The molecule has 0 aromatic carbocycles. The first-order chi connectivity index (χ1) is 7.49. The maximum Gasteiger partial charge on any atom is 0.323 e. The lowest BCUT2D eigenvalue weighted by Gasteiger charge is -2.25. The van der Waals surface area contributed by atoms with Gasteiger partial charge >= 0.3 is 5.97 Å². The van der Waals surface area contributed by atoms with Crippen molar-refractivity contribution < 1.29 is 14.6 Å². The fraction of sp³-hybridized carbons (Fsp3) is 0.909. The molecule has 0 aliphatic rings. The molecule has 0 rings (SSSR count). The molecule has 96 valence electrons. The number of thioether (sulfide) groups is 1. The highest BCUT2D eigenvalue weighted by atomic mass is 32.2. The largest absolute Gasteiger partial charge is 0.465 e. The Bertz CT molecular complexity index is 207. The Morgan fingerprint density at radius 1 is 1.44 bits per heavy atom. The van der Waals surface area contributed by atoms with E-state index in [1.165, 1.54) is 11.8 Å². The molecule has 0 radical (unpaired) electrons. The summed E-state index contributed by atoms with van der Waals surface area (Å²) in [5.74, 6) is 0.723. The molecule has 0 heterocycles. The van der Waals surface area contributed by atoms with Crippen molar-refractivity contribution in [3.63, 3.8) is 0 Å². The third-order valence-corrected chi connectivity index (χ3v) is 3.91. The van der Waals surface area contributed by atoms with Crippen molar-refractivity contribution in [3.05, 3.63) is 0 Å². The summed E-state index contributed by atoms with van der Waals surface area (Å²) in [7, 11) is 0. The Balaban J connectivity index is 3.84. The van der Waals surface area contributed by atoms with Gasteiger partial charge in [0.1, 0.15) is 6.04 Å². The van der Waals surface area contributed by atoms with Gasteiger partial charge in [0.15, 0.2) is 0 Å². The van der Waals surface area contributed by atoms with Gasteiger partial charge in [-0.3, -0.25) is 4.79 Å². The normalized spacial score (nSPS) is 13.6. The lowest BCUT2D eigenvalue weighted by molar-refractivity contribution is -0.144. The molecule has 3 N–H and O–H groups in total. The second kappa shape index (κ2) is 7.92. The van der Waals surface area contributed by atoms with E-state index >= 15 is 0 Å². The van der Waals surface area contributed by atoms with Gasteiger partial charge < -0.3 is 15.6 Å². The number of rotatable bonds is 8. The van der Waals surface area contributed by atoms with E-state index in [2.05, 4.69) is 0 Å². The van der Waals surface area contributed by atoms with Gasteiger partial charge in [-0.15, -0.1) is 0 Å². The monoisotopic (exact) mass is 249 g/mol. The number of aliphatic hydroxyl groups is 1. The Hall–Kier alpha value is -0.260. The van der Waals surface area contributed by atoms with Gasteiger partial charge in [0.2, 0.25) is 0 Å². The van der Waals surface area contributed by atoms with Gasteiger partial charge in [-0.2, -0.15) is 11.8 Å². The molecule has 4 nitrogen and oxygen atoms in total. The standard InChI is InChI=1S/C11H23NO3S/c1-4-11(14,5-2)8-16-7-9(12)10(13)15-6-3/h9,14H,4-8,12H2,1-3H3. The minimum absolute atomic E-state index is 0.352. The topological polar surface area (TPSA) is 72.5 Å². The lowest BCUT2D eigenvalue weighted by atomic mass is 10.0. The minimum Gasteiger partial charge on any atom is -0.465 e. The summed E-state index contributed by atoms with van der Waals surface area (Å²) in [4.78, 5) is 11.2. The van der Waals surface area contributed by atoms with Crippen LogP contribution >= 0.6 is 11.8 Å². The molecule has 0 aliphatic carbocycles. The van der Waals surface area contributed by atoms with E-state index in [9.17, 15) is 9.90 Å². The number of ether oxygens (including phenoxy) is 1. The Kier molecular flexibility index (Phi) is 7.80. The SMILES string of the molecule is CCOC(=O)C(N)CSCC(O)(CC)CC. The number of carbonyl (C=O) groups is 1. The smallest absolute Gasteiger partial charge is 0.323 e. The summed E-state index contributed by atoms with van der Waals surface area (Å²) in [6.45, 7) is 6.01. The highest BCUT2D eigenvalue weighted by Gasteiger charge is 2.23. The maximum absolute atomic E-state index is 11.2. The van der Waals surface area contributed by atoms with Crippen LogP contribution in [-0.4, -0.2) is 40.8 Å². The van der Waals surface area contributed by atoms with Gasteiger partial charge in [-0.25, -0.2) is 0 Å². The van der Waals surface area contributed by atoms with Crippen LogP contribution in [0.25, 0.3) is 0 Å². The first-order valence-corrected chi connectivity index (χ1v) is 6.86. The molecule has 1 atom stereocenters. The highest BCUT2D eigenvalue weighted by Crippen LogP contribution is 2.21. The molecule has 0 aliphatic heterocycles. The second-order valence-electron chi connectivity index (χ2n) is 3.81. The molecule has 0 amide bonds. The van der Waals surface area contributed by atoms with Crippen LogP contribution in [0.1, 0.15) is 33.6 Å². The molecule has 0 saturated heterocycles. The van der Waals surface area contributed by atoms with Crippen LogP contribution in [0.3, 0.4) is 0 Å². The molecule has 5 heteroatoms. The van der Waals surface area contributed by atoms with E-state index < -0.39 is 11.6 Å². The van der Waals surface area contributed by atoms with E-state index in [0.717, 1.165) is 0 Å². The summed E-state index contributed by atoms with van der Waals surface area (Å²) in [6, 6.07) is -0.595. The van der Waals surface area contributed by atoms with Crippen molar-refractivity contribution in [1.82, 2.24) is 0 Å². The van der Waals surface area contributed by atoms with E-state index in [1.807, 2.05) is 13.8 Å². The van der Waals surface area contributed by atoms with Gasteiger partial charge in [0, 0.05) is 11.5 Å². The van der Waals surface area contributed by atoms with Crippen LogP contribution in [0.5, 0.6) is 0 Å². The van der Waals surface area contributed by atoms with E-state index in [0.29, 0.717) is 31.0 Å². The second-order valence-corrected chi connectivity index (χ2v) is 4.84. The number of hydrogen-bond donors (Lipinski definition) is 2. The van der Waals surface area contributed by atoms with Crippen molar-refractivity contribution in [2.75, 3.05) is 18.1 Å². The molecule has 0 fully saturated rings. The van der Waals surface area contributed by atoms with E-state index in [4.69, 9.17) is 10.5 Å². The molecule has 1 unspecified atom stereocenters. The predicted octanol–water partition coefficient (Wildman–Crippen LogP) is 1.16. The fourth-order valence-corrected chi connectivity index (χ4v) is 2.44. The Labute approximate surface area is 102 Å². The van der Waals surface area contributed by atoms with Crippen LogP contribution in [0, 0.1) is 0 Å². The summed E-state index contributed by atoms with van der Waals surface area (Å²) >= 11 is 1.50. The van der Waals surface area contributed by atoms with E-state index in [1.54, 1.807) is 6.92 Å². The quantitative estimate of drug-likeness (QED) is 0.632. The molecule has 0 aromatic heterocycles. The molecular formula is C11H23NO3S. The Morgan fingerprint density at radius 2 is 2.00 bits per heavy atom. The number of carbonyl (C=O) groups excluding carboxylic acids is 1. The van der Waals surface area contributed by atoms with Crippen molar-refractivity contribution in [3.8, 4) is 0 Å². The fourth-order valence-electron chi connectivity index (χ4n) is 1.15. The molecule has 0 saturated carbocycles. The summed E-state index contributed by atoms with van der Waals surface area (Å²) in [5, 5.41) is 10.0. The van der Waals surface area contributed by atoms with Gasteiger partial charge in [0.25, 0.3) is 0 Å². The molecule has 0 bridgehead atoms. The van der Waals surface area contributed by atoms with Crippen molar-refractivity contribution >= 4 is 17.7 Å². The third kappa shape index (κ3) is 5.72. The maximum atomic E-state index is 11.2. The first kappa shape index (κ1) is 15.7. The zero-order chi connectivity index (χ0) is 12.6. The number of hydrogen-bond acceptors (Lipinski definition) is 5. The third-order valence-electron chi connectivity index (χ3n) is 2.57. The minimum atomic E-state index is -0.640. The summed E-state index contributed by atoms with van der Waals surface area (Å²) in [6.07, 6.45) is 1.43. The Morgan fingerprint density at radius 3 is 2.44 bits per heavy atom. The predicted molar refractivity (Wildman–Crippen MR) is 67.5 cm³/mol. The zero-order valence-corrected chi connectivity index (χ0v) is 11.2. The highest BCUT2D eigenvalue weighted by molar-refractivity contribution is 7.99. The van der Waals surface area contributed by atoms with Crippen molar-refractivity contribution in [2.45, 2.75) is 45.3 Å². The average molecular weight is 249 g/mol. The van der Waals surface area contributed by atoms with Crippen molar-refractivity contribution in [2.24, 2.45) is 5.73 Å². The lowest BCUT2D eigenvalue weighted by Crippen LogP contribution is -2.36. The van der Waals surface area contributed by atoms with E-state index in [-0.39, 0.29) is 5.97 Å². The molecule has 16 heavy (non-hydrogen) atoms. The van der Waals surface area contributed by atoms with Crippen LogP contribution in [0.15, 0.2) is 0 Å². The first-order valence-electron chi connectivity index (χ1n) is 5.71. The van der Waals surface area contributed by atoms with Crippen LogP contribution in [0.4, 0.5) is 0 Å². The average Bonchev–Trinajstić information content (AvgIpc) is 2.29. The zero-order valence-electron chi connectivity index (χ0n) is 10.4. The summed E-state index contributed by atoms with van der Waals surface area (Å²) < 4.78 is 4.80. The number of nitrogens with two attached hydrogens (primary N) is 1. The van der Waals surface area contributed by atoms with Crippen LogP contribution in [0.2, 0.25) is 0 Å².